The molecule has 1 heterocycles. The lowest BCUT2D eigenvalue weighted by Crippen LogP contribution is -2.35. The first-order valence-electron chi connectivity index (χ1n) is 9.74. The SMILES string of the molecule is Cc1ccc2c(c1)Sc1cc(S)ccc1C2(C1=CC=CCC1)c1ccccc1. The zero-order valence-corrected chi connectivity index (χ0v) is 17.6. The molecule has 138 valence electrons. The summed E-state index contributed by atoms with van der Waals surface area (Å²) in [4.78, 5) is 3.68. The summed E-state index contributed by atoms with van der Waals surface area (Å²) in [6.45, 7) is 2.18. The van der Waals surface area contributed by atoms with Gasteiger partial charge in [-0.15, -0.1) is 12.6 Å². The van der Waals surface area contributed by atoms with Gasteiger partial charge in [0, 0.05) is 14.7 Å². The average Bonchev–Trinajstić information content (AvgIpc) is 2.73. The Labute approximate surface area is 176 Å². The van der Waals surface area contributed by atoms with Gasteiger partial charge in [0.25, 0.3) is 0 Å². The molecule has 2 heteroatoms. The molecule has 1 aliphatic heterocycles. The Morgan fingerprint density at radius 2 is 1.64 bits per heavy atom. The smallest absolute Gasteiger partial charge is 0.0686 e. The van der Waals surface area contributed by atoms with Gasteiger partial charge in [-0.25, -0.2) is 0 Å². The summed E-state index contributed by atoms with van der Waals surface area (Å²) in [6.07, 6.45) is 9.01. The maximum atomic E-state index is 4.64. The molecular weight excluding hydrogens is 376 g/mol. The summed E-state index contributed by atoms with van der Waals surface area (Å²) in [5.41, 5.74) is 6.64. The number of hydrogen-bond donors (Lipinski definition) is 1. The maximum Gasteiger partial charge on any atom is 0.0686 e. The van der Waals surface area contributed by atoms with Gasteiger partial charge in [0.2, 0.25) is 0 Å². The molecule has 0 saturated heterocycles. The second kappa shape index (κ2) is 7.02. The van der Waals surface area contributed by atoms with E-state index in [2.05, 4.69) is 105 Å². The molecule has 0 bridgehead atoms. The zero-order valence-electron chi connectivity index (χ0n) is 15.9. The molecule has 0 N–H and O–H groups in total. The zero-order chi connectivity index (χ0) is 19.1. The number of benzene rings is 3. The van der Waals surface area contributed by atoms with E-state index in [4.69, 9.17) is 0 Å². The highest BCUT2D eigenvalue weighted by Crippen LogP contribution is 2.57. The Bertz CT molecular complexity index is 1060. The van der Waals surface area contributed by atoms with Crippen LogP contribution in [0.3, 0.4) is 0 Å². The molecule has 1 atom stereocenters. The molecule has 0 radical (unpaired) electrons. The Kier molecular flexibility index (Phi) is 4.49. The largest absolute Gasteiger partial charge is 0.143 e. The third-order valence-corrected chi connectivity index (χ3v) is 7.23. The van der Waals surface area contributed by atoms with Crippen molar-refractivity contribution in [1.29, 1.82) is 0 Å². The number of aryl methyl sites for hydroxylation is 1. The van der Waals surface area contributed by atoms with Crippen LogP contribution in [0.2, 0.25) is 0 Å². The van der Waals surface area contributed by atoms with Crippen LogP contribution in [0, 0.1) is 6.92 Å². The molecule has 0 nitrogen and oxygen atoms in total. The topological polar surface area (TPSA) is 0 Å². The standard InChI is InChI=1S/C26H22S2/c1-18-12-14-22-24(16-18)28-25-17-21(27)13-15-23(25)26(22,19-8-4-2-5-9-19)20-10-6-3-7-11-20/h2-6,8-10,12-17,27H,7,11H2,1H3. The number of rotatable bonds is 2. The monoisotopic (exact) mass is 398 g/mol. The highest BCUT2D eigenvalue weighted by molar-refractivity contribution is 7.99. The predicted molar refractivity (Wildman–Crippen MR) is 122 cm³/mol. The van der Waals surface area contributed by atoms with Gasteiger partial charge in [0.05, 0.1) is 5.41 Å². The molecule has 1 unspecified atom stereocenters. The molecule has 0 saturated carbocycles. The summed E-state index contributed by atoms with van der Waals surface area (Å²) in [5, 5.41) is 0. The lowest BCUT2D eigenvalue weighted by atomic mass is 9.62. The van der Waals surface area contributed by atoms with E-state index < -0.39 is 0 Å². The second-order valence-corrected chi connectivity index (χ2v) is 9.16. The maximum absolute atomic E-state index is 4.64. The van der Waals surface area contributed by atoms with Gasteiger partial charge in [-0.1, -0.05) is 84.1 Å². The van der Waals surface area contributed by atoms with E-state index in [-0.39, 0.29) is 5.41 Å². The summed E-state index contributed by atoms with van der Waals surface area (Å²) in [6, 6.07) is 24.6. The minimum Gasteiger partial charge on any atom is -0.143 e. The lowest BCUT2D eigenvalue weighted by Gasteiger charge is -2.44. The fourth-order valence-electron chi connectivity index (χ4n) is 4.64. The number of thiol groups is 1. The third-order valence-electron chi connectivity index (χ3n) is 5.83. The van der Waals surface area contributed by atoms with E-state index in [1.807, 2.05) is 11.8 Å². The van der Waals surface area contributed by atoms with Crippen LogP contribution in [0.15, 0.2) is 105 Å². The van der Waals surface area contributed by atoms with Crippen LogP contribution in [0.25, 0.3) is 0 Å². The van der Waals surface area contributed by atoms with Crippen LogP contribution < -0.4 is 0 Å². The van der Waals surface area contributed by atoms with Crippen LogP contribution in [0.1, 0.15) is 35.1 Å². The molecule has 0 amide bonds. The Morgan fingerprint density at radius 3 is 2.39 bits per heavy atom. The fourth-order valence-corrected chi connectivity index (χ4v) is 6.26. The summed E-state index contributed by atoms with van der Waals surface area (Å²) in [7, 11) is 0. The average molecular weight is 399 g/mol. The third kappa shape index (κ3) is 2.70. The van der Waals surface area contributed by atoms with Gasteiger partial charge in [0.1, 0.15) is 0 Å². The molecular formula is C26H22S2. The minimum absolute atomic E-state index is 0.253. The molecule has 1 aliphatic carbocycles. The molecule has 2 aliphatic rings. The Morgan fingerprint density at radius 1 is 0.893 bits per heavy atom. The molecule has 3 aromatic carbocycles. The first-order chi connectivity index (χ1) is 13.7. The van der Waals surface area contributed by atoms with Crippen molar-refractivity contribution >= 4 is 24.4 Å². The van der Waals surface area contributed by atoms with Crippen molar-refractivity contribution < 1.29 is 0 Å². The second-order valence-electron chi connectivity index (χ2n) is 7.56. The molecule has 5 rings (SSSR count). The minimum atomic E-state index is -0.253. The van der Waals surface area contributed by atoms with Gasteiger partial charge in [-0.2, -0.15) is 0 Å². The van der Waals surface area contributed by atoms with Gasteiger partial charge in [-0.05, 0) is 60.2 Å². The van der Waals surface area contributed by atoms with Crippen LogP contribution in [0.5, 0.6) is 0 Å². The van der Waals surface area contributed by atoms with Gasteiger partial charge in [0.15, 0.2) is 0 Å². The van der Waals surface area contributed by atoms with Crippen molar-refractivity contribution in [3.8, 4) is 0 Å². The first kappa shape index (κ1) is 17.9. The number of allylic oxidation sites excluding steroid dienone is 4. The quantitative estimate of drug-likeness (QED) is 0.440. The summed E-state index contributed by atoms with van der Waals surface area (Å²) >= 11 is 6.52. The van der Waals surface area contributed by atoms with E-state index in [9.17, 15) is 0 Å². The summed E-state index contributed by atoms with van der Waals surface area (Å²) < 4.78 is 0. The molecule has 0 fully saturated rings. The number of fused-ring (bicyclic) bond motifs is 2. The van der Waals surface area contributed by atoms with Crippen molar-refractivity contribution in [3.63, 3.8) is 0 Å². The molecule has 0 aromatic heterocycles. The summed E-state index contributed by atoms with van der Waals surface area (Å²) in [5.74, 6) is 0. The van der Waals surface area contributed by atoms with Gasteiger partial charge >= 0.3 is 0 Å². The molecule has 28 heavy (non-hydrogen) atoms. The molecule has 3 aromatic rings. The predicted octanol–water partition coefficient (Wildman–Crippen LogP) is 7.36. The van der Waals surface area contributed by atoms with Crippen LogP contribution in [-0.2, 0) is 5.41 Å². The van der Waals surface area contributed by atoms with Crippen molar-refractivity contribution in [3.05, 3.63) is 113 Å². The van der Waals surface area contributed by atoms with E-state index in [1.165, 1.54) is 37.6 Å². The lowest BCUT2D eigenvalue weighted by molar-refractivity contribution is 0.644. The van der Waals surface area contributed by atoms with Gasteiger partial charge in [-0.3, -0.25) is 0 Å². The Balaban J connectivity index is 1.93. The first-order valence-corrected chi connectivity index (χ1v) is 11.0. The van der Waals surface area contributed by atoms with Crippen molar-refractivity contribution in [2.45, 2.75) is 39.9 Å². The van der Waals surface area contributed by atoms with E-state index in [0.29, 0.717) is 0 Å². The fraction of sp³-hybridized carbons (Fsp3) is 0.154. The highest BCUT2D eigenvalue weighted by Gasteiger charge is 2.45. The van der Waals surface area contributed by atoms with Gasteiger partial charge < -0.3 is 0 Å². The van der Waals surface area contributed by atoms with Crippen LogP contribution >= 0.6 is 24.4 Å². The van der Waals surface area contributed by atoms with Crippen LogP contribution in [0.4, 0.5) is 0 Å². The molecule has 0 spiro atoms. The van der Waals surface area contributed by atoms with E-state index in [0.717, 1.165) is 17.7 Å². The van der Waals surface area contributed by atoms with E-state index >= 15 is 0 Å². The number of hydrogen-bond acceptors (Lipinski definition) is 2. The van der Waals surface area contributed by atoms with Crippen molar-refractivity contribution in [2.24, 2.45) is 0 Å². The highest BCUT2D eigenvalue weighted by atomic mass is 32.2. The van der Waals surface area contributed by atoms with Crippen molar-refractivity contribution in [2.75, 3.05) is 0 Å². The normalized spacial score (nSPS) is 20.3. The Hall–Kier alpha value is -2.16. The van der Waals surface area contributed by atoms with Crippen molar-refractivity contribution in [1.82, 2.24) is 0 Å². The van der Waals surface area contributed by atoms with Crippen LogP contribution in [-0.4, -0.2) is 0 Å². The van der Waals surface area contributed by atoms with E-state index in [1.54, 1.807) is 0 Å².